The van der Waals surface area contributed by atoms with Crippen molar-refractivity contribution in [3.8, 4) is 0 Å². The number of halogens is 1. The van der Waals surface area contributed by atoms with Crippen molar-refractivity contribution in [1.82, 2.24) is 4.98 Å². The van der Waals surface area contributed by atoms with Gasteiger partial charge in [0.15, 0.2) is 0 Å². The molecular formula is C9H10IN. The van der Waals surface area contributed by atoms with Crippen LogP contribution in [0.3, 0.4) is 0 Å². The Kier molecular flexibility index (Phi) is 1.59. The van der Waals surface area contributed by atoms with Gasteiger partial charge in [-0.15, -0.1) is 0 Å². The average Bonchev–Trinajstić information content (AvgIpc) is 2.31. The number of hydrogen-bond donors (Lipinski definition) is 1. The third kappa shape index (κ3) is 1.36. The predicted octanol–water partition coefficient (Wildman–Crippen LogP) is 1.17. The molecule has 0 aromatic carbocycles. The Hall–Kier alpha value is -0.250. The summed E-state index contributed by atoms with van der Waals surface area (Å²) in [7, 11) is 0. The Labute approximate surface area is 79.3 Å². The van der Waals surface area contributed by atoms with Gasteiger partial charge in [-0.3, -0.25) is 0 Å². The van der Waals surface area contributed by atoms with Crippen LogP contribution in [0.4, 0.5) is 0 Å². The summed E-state index contributed by atoms with van der Waals surface area (Å²) in [6, 6.07) is 2.13. The lowest BCUT2D eigenvalue weighted by molar-refractivity contribution is 0.898. The first kappa shape index (κ1) is 7.40. The SMILES string of the molecule is CC1(I)C=c2cc[nH]c2=CC1. The van der Waals surface area contributed by atoms with Crippen LogP contribution in [0.15, 0.2) is 12.3 Å². The summed E-state index contributed by atoms with van der Waals surface area (Å²) < 4.78 is 0.312. The number of hydrogen-bond acceptors (Lipinski definition) is 0. The highest BCUT2D eigenvalue weighted by atomic mass is 127. The molecular weight excluding hydrogens is 249 g/mol. The van der Waals surface area contributed by atoms with E-state index in [1.165, 1.54) is 10.6 Å². The minimum atomic E-state index is 0.312. The molecule has 0 fully saturated rings. The summed E-state index contributed by atoms with van der Waals surface area (Å²) in [6.07, 6.45) is 7.71. The number of aromatic nitrogens is 1. The molecule has 2 rings (SSSR count). The van der Waals surface area contributed by atoms with Crippen LogP contribution in [0.1, 0.15) is 13.3 Å². The molecule has 0 saturated heterocycles. The molecule has 1 unspecified atom stereocenters. The topological polar surface area (TPSA) is 15.8 Å². The molecule has 11 heavy (non-hydrogen) atoms. The van der Waals surface area contributed by atoms with Crippen LogP contribution in [0, 0.1) is 0 Å². The summed E-state index contributed by atoms with van der Waals surface area (Å²) in [5.41, 5.74) is 0. The van der Waals surface area contributed by atoms with Crippen molar-refractivity contribution < 1.29 is 0 Å². The average molecular weight is 259 g/mol. The quantitative estimate of drug-likeness (QED) is 0.532. The maximum atomic E-state index is 3.21. The van der Waals surface area contributed by atoms with E-state index in [4.69, 9.17) is 0 Å². The van der Waals surface area contributed by atoms with E-state index in [0.717, 1.165) is 6.42 Å². The van der Waals surface area contributed by atoms with Crippen LogP contribution < -0.4 is 10.6 Å². The fourth-order valence-electron chi connectivity index (χ4n) is 1.38. The molecule has 0 amide bonds. The monoisotopic (exact) mass is 259 g/mol. The molecule has 58 valence electrons. The van der Waals surface area contributed by atoms with Crippen LogP contribution in [-0.2, 0) is 0 Å². The van der Waals surface area contributed by atoms with Crippen molar-refractivity contribution in [3.05, 3.63) is 22.8 Å². The number of H-pyrrole nitrogens is 1. The van der Waals surface area contributed by atoms with E-state index >= 15 is 0 Å². The highest BCUT2D eigenvalue weighted by Gasteiger charge is 2.17. The van der Waals surface area contributed by atoms with Crippen molar-refractivity contribution in [2.75, 3.05) is 0 Å². The molecule has 0 spiro atoms. The lowest BCUT2D eigenvalue weighted by atomic mass is 10.0. The van der Waals surface area contributed by atoms with Gasteiger partial charge in [0.2, 0.25) is 0 Å². The first-order valence-electron chi connectivity index (χ1n) is 3.73. The maximum Gasteiger partial charge on any atom is 0.0417 e. The standard InChI is InChI=1S/C9H10IN/c1-9(10)4-2-8-7(6-9)3-5-11-8/h2-3,5-6,11H,4H2,1H3. The van der Waals surface area contributed by atoms with Gasteiger partial charge < -0.3 is 4.98 Å². The Morgan fingerprint density at radius 3 is 3.27 bits per heavy atom. The molecule has 1 heterocycles. The van der Waals surface area contributed by atoms with Crippen LogP contribution in [0.25, 0.3) is 12.2 Å². The summed E-state index contributed by atoms with van der Waals surface area (Å²) >= 11 is 2.48. The van der Waals surface area contributed by atoms with Crippen molar-refractivity contribution in [2.24, 2.45) is 0 Å². The van der Waals surface area contributed by atoms with Gasteiger partial charge in [-0.25, -0.2) is 0 Å². The van der Waals surface area contributed by atoms with Gasteiger partial charge >= 0.3 is 0 Å². The van der Waals surface area contributed by atoms with Gasteiger partial charge in [-0.1, -0.05) is 34.7 Å². The zero-order valence-corrected chi connectivity index (χ0v) is 8.55. The molecule has 1 aliphatic rings. The van der Waals surface area contributed by atoms with E-state index in [0.29, 0.717) is 3.42 Å². The first-order valence-corrected chi connectivity index (χ1v) is 4.81. The van der Waals surface area contributed by atoms with Crippen LogP contribution in [0.5, 0.6) is 0 Å². The van der Waals surface area contributed by atoms with Crippen LogP contribution in [0.2, 0.25) is 0 Å². The Morgan fingerprint density at radius 2 is 2.45 bits per heavy atom. The lowest BCUT2D eigenvalue weighted by Gasteiger charge is -2.17. The Balaban J connectivity index is 2.71. The largest absolute Gasteiger partial charge is 0.361 e. The second kappa shape index (κ2) is 2.37. The third-order valence-electron chi connectivity index (χ3n) is 1.97. The van der Waals surface area contributed by atoms with Crippen molar-refractivity contribution in [3.63, 3.8) is 0 Å². The van der Waals surface area contributed by atoms with E-state index in [1.807, 2.05) is 6.20 Å². The number of fused-ring (bicyclic) bond motifs is 1. The second-order valence-corrected chi connectivity index (χ2v) is 5.64. The zero-order chi connectivity index (χ0) is 7.90. The van der Waals surface area contributed by atoms with Crippen molar-refractivity contribution >= 4 is 34.7 Å². The summed E-state index contributed by atoms with van der Waals surface area (Å²) in [5.74, 6) is 0. The Bertz CT molecular complexity index is 373. The molecule has 1 N–H and O–H groups in total. The van der Waals surface area contributed by atoms with Gasteiger partial charge in [0.1, 0.15) is 0 Å². The van der Waals surface area contributed by atoms with Crippen molar-refractivity contribution in [1.29, 1.82) is 0 Å². The van der Waals surface area contributed by atoms with Gasteiger partial charge in [-0.2, -0.15) is 0 Å². The molecule has 1 aromatic heterocycles. The van der Waals surface area contributed by atoms with E-state index in [1.54, 1.807) is 0 Å². The smallest absolute Gasteiger partial charge is 0.0417 e. The molecule has 0 saturated carbocycles. The van der Waals surface area contributed by atoms with Gasteiger partial charge in [-0.05, 0) is 24.6 Å². The highest BCUT2D eigenvalue weighted by molar-refractivity contribution is 14.1. The maximum absolute atomic E-state index is 3.21. The summed E-state index contributed by atoms with van der Waals surface area (Å²) in [6.45, 7) is 2.25. The molecule has 0 bridgehead atoms. The van der Waals surface area contributed by atoms with Crippen LogP contribution in [-0.4, -0.2) is 8.41 Å². The van der Waals surface area contributed by atoms with E-state index in [-0.39, 0.29) is 0 Å². The zero-order valence-electron chi connectivity index (χ0n) is 6.39. The van der Waals surface area contributed by atoms with E-state index in [2.05, 4.69) is 52.7 Å². The van der Waals surface area contributed by atoms with Gasteiger partial charge in [0, 0.05) is 15.0 Å². The fraction of sp³-hybridized carbons (Fsp3) is 0.333. The number of rotatable bonds is 0. The highest BCUT2D eigenvalue weighted by Crippen LogP contribution is 2.25. The normalized spacial score (nSPS) is 28.5. The molecule has 1 aliphatic carbocycles. The van der Waals surface area contributed by atoms with E-state index < -0.39 is 0 Å². The van der Waals surface area contributed by atoms with Crippen LogP contribution >= 0.6 is 22.6 Å². The first-order chi connectivity index (χ1) is 5.17. The molecule has 0 radical (unpaired) electrons. The van der Waals surface area contributed by atoms with Gasteiger partial charge in [0.05, 0.1) is 0 Å². The molecule has 1 atom stereocenters. The van der Waals surface area contributed by atoms with Gasteiger partial charge in [0.25, 0.3) is 0 Å². The molecule has 1 nitrogen and oxygen atoms in total. The number of nitrogens with one attached hydrogen (secondary N) is 1. The predicted molar refractivity (Wildman–Crippen MR) is 56.0 cm³/mol. The molecule has 2 heteroatoms. The van der Waals surface area contributed by atoms with Crippen molar-refractivity contribution in [2.45, 2.75) is 16.8 Å². The van der Waals surface area contributed by atoms with E-state index in [9.17, 15) is 0 Å². The number of alkyl halides is 1. The summed E-state index contributed by atoms with van der Waals surface area (Å²) in [4.78, 5) is 3.21. The third-order valence-corrected chi connectivity index (χ3v) is 2.73. The second-order valence-electron chi connectivity index (χ2n) is 3.18. The summed E-state index contributed by atoms with van der Waals surface area (Å²) in [5, 5.41) is 2.62. The number of aromatic amines is 1. The molecule has 1 aromatic rings. The molecule has 0 aliphatic heterocycles. The lowest BCUT2D eigenvalue weighted by Crippen LogP contribution is -2.31. The Morgan fingerprint density at radius 1 is 1.64 bits per heavy atom. The fourth-order valence-corrected chi connectivity index (χ4v) is 1.94. The minimum Gasteiger partial charge on any atom is -0.361 e. The minimum absolute atomic E-state index is 0.312.